The first-order valence-electron chi connectivity index (χ1n) is 11.1. The van der Waals surface area contributed by atoms with Crippen LogP contribution in [-0.2, 0) is 14.3 Å². The maximum atomic E-state index is 12.6. The van der Waals surface area contributed by atoms with Gasteiger partial charge in [-0.1, -0.05) is 30.3 Å². The highest BCUT2D eigenvalue weighted by Gasteiger charge is 2.32. The van der Waals surface area contributed by atoms with Crippen molar-refractivity contribution >= 4 is 35.4 Å². The van der Waals surface area contributed by atoms with E-state index in [1.807, 2.05) is 37.3 Å². The number of nitrogens with one attached hydrogen (secondary N) is 3. The van der Waals surface area contributed by atoms with Gasteiger partial charge >= 0.3 is 5.97 Å². The molecule has 0 bridgehead atoms. The molecule has 10 heteroatoms. The van der Waals surface area contributed by atoms with Gasteiger partial charge in [0.15, 0.2) is 11.7 Å². The zero-order valence-electron chi connectivity index (χ0n) is 19.8. The van der Waals surface area contributed by atoms with E-state index < -0.39 is 17.9 Å². The standard InChI is InChI=1S/C25H28N4O5S/c1-4-32-19-12-8-6-10-17(19)14-26-29-21(30)15-34-20-13-9-7-11-18(20)23-22(24(31)33-5-2)16(3)27-25(35)28-23/h6-14,23H,4-5,15H2,1-3H3,(H,29,30)(H2,27,28,35)/t23-/m0/s1. The zero-order valence-corrected chi connectivity index (χ0v) is 20.6. The predicted molar refractivity (Wildman–Crippen MR) is 136 cm³/mol. The quantitative estimate of drug-likeness (QED) is 0.199. The molecule has 2 aromatic carbocycles. The van der Waals surface area contributed by atoms with Crippen molar-refractivity contribution in [3.05, 3.63) is 70.9 Å². The molecule has 1 amide bonds. The summed E-state index contributed by atoms with van der Waals surface area (Å²) < 4.78 is 16.6. The number of carbonyl (C=O) groups excluding carboxylic acids is 2. The van der Waals surface area contributed by atoms with E-state index in [4.69, 9.17) is 26.4 Å². The van der Waals surface area contributed by atoms with E-state index in [9.17, 15) is 9.59 Å². The minimum absolute atomic E-state index is 0.237. The summed E-state index contributed by atoms with van der Waals surface area (Å²) in [5, 5.41) is 10.4. The van der Waals surface area contributed by atoms with E-state index in [2.05, 4.69) is 21.2 Å². The Hall–Kier alpha value is -3.92. The number of para-hydroxylation sites is 2. The topological polar surface area (TPSA) is 110 Å². The van der Waals surface area contributed by atoms with E-state index >= 15 is 0 Å². The number of nitrogens with zero attached hydrogens (tertiary/aromatic N) is 1. The van der Waals surface area contributed by atoms with Gasteiger partial charge in [-0.25, -0.2) is 10.2 Å². The molecule has 0 spiro atoms. The van der Waals surface area contributed by atoms with Gasteiger partial charge in [0, 0.05) is 16.8 Å². The van der Waals surface area contributed by atoms with Crippen LogP contribution in [0.25, 0.3) is 0 Å². The summed E-state index contributed by atoms with van der Waals surface area (Å²) >= 11 is 5.29. The number of esters is 1. The first-order valence-corrected chi connectivity index (χ1v) is 11.6. The molecular weight excluding hydrogens is 468 g/mol. The van der Waals surface area contributed by atoms with Crippen LogP contribution in [0.15, 0.2) is 64.9 Å². The molecule has 9 nitrogen and oxygen atoms in total. The second-order valence-electron chi connectivity index (χ2n) is 7.38. The molecule has 1 heterocycles. The molecule has 1 aliphatic rings. The Morgan fingerprint density at radius 1 is 1.06 bits per heavy atom. The number of benzene rings is 2. The van der Waals surface area contributed by atoms with Crippen molar-refractivity contribution in [3.63, 3.8) is 0 Å². The molecule has 0 fully saturated rings. The summed E-state index contributed by atoms with van der Waals surface area (Å²) in [5.41, 5.74) is 4.80. The fraction of sp³-hybridized carbons (Fsp3) is 0.280. The lowest BCUT2D eigenvalue weighted by Crippen LogP contribution is -2.45. The molecule has 1 atom stereocenters. The predicted octanol–water partition coefficient (Wildman–Crippen LogP) is 2.97. The van der Waals surface area contributed by atoms with Crippen molar-refractivity contribution < 1.29 is 23.8 Å². The van der Waals surface area contributed by atoms with Crippen molar-refractivity contribution in [3.8, 4) is 11.5 Å². The molecule has 1 aliphatic heterocycles. The van der Waals surface area contributed by atoms with Gasteiger partial charge in [0.25, 0.3) is 5.91 Å². The number of hydrogen-bond acceptors (Lipinski definition) is 7. The van der Waals surface area contributed by atoms with Gasteiger partial charge in [-0.15, -0.1) is 0 Å². The number of amides is 1. The summed E-state index contributed by atoms with van der Waals surface area (Å²) in [4.78, 5) is 25.0. The lowest BCUT2D eigenvalue weighted by atomic mass is 9.95. The summed E-state index contributed by atoms with van der Waals surface area (Å²) in [6.07, 6.45) is 1.51. The highest BCUT2D eigenvalue weighted by molar-refractivity contribution is 7.80. The Labute approximate surface area is 209 Å². The van der Waals surface area contributed by atoms with Crippen LogP contribution in [0, 0.1) is 0 Å². The van der Waals surface area contributed by atoms with Gasteiger partial charge in [-0.3, -0.25) is 4.79 Å². The van der Waals surface area contributed by atoms with Gasteiger partial charge in [0.1, 0.15) is 11.5 Å². The molecule has 0 saturated carbocycles. The third kappa shape index (κ3) is 6.80. The van der Waals surface area contributed by atoms with Crippen LogP contribution < -0.4 is 25.5 Å². The van der Waals surface area contributed by atoms with E-state index in [0.29, 0.717) is 40.1 Å². The summed E-state index contributed by atoms with van der Waals surface area (Å²) in [6, 6.07) is 13.9. The van der Waals surface area contributed by atoms with Crippen LogP contribution in [0.2, 0.25) is 0 Å². The highest BCUT2D eigenvalue weighted by atomic mass is 32.1. The van der Waals surface area contributed by atoms with Gasteiger partial charge < -0.3 is 24.8 Å². The number of rotatable bonds is 10. The fourth-order valence-electron chi connectivity index (χ4n) is 3.48. The lowest BCUT2D eigenvalue weighted by Gasteiger charge is -2.30. The van der Waals surface area contributed by atoms with Crippen molar-refractivity contribution in [1.29, 1.82) is 0 Å². The van der Waals surface area contributed by atoms with Gasteiger partial charge in [0.2, 0.25) is 0 Å². The minimum atomic E-state index is -0.602. The molecule has 0 unspecified atom stereocenters. The van der Waals surface area contributed by atoms with Crippen LogP contribution in [0.1, 0.15) is 37.9 Å². The Morgan fingerprint density at radius 2 is 1.77 bits per heavy atom. The number of thiocarbonyl (C=S) groups is 1. The average molecular weight is 497 g/mol. The summed E-state index contributed by atoms with van der Waals surface area (Å²) in [5.74, 6) is 0.180. The summed E-state index contributed by atoms with van der Waals surface area (Å²) in [7, 11) is 0. The van der Waals surface area contributed by atoms with Crippen LogP contribution in [0.4, 0.5) is 0 Å². The Bertz CT molecular complexity index is 1150. The molecule has 3 N–H and O–H groups in total. The lowest BCUT2D eigenvalue weighted by molar-refractivity contribution is -0.139. The maximum Gasteiger partial charge on any atom is 0.338 e. The second-order valence-corrected chi connectivity index (χ2v) is 7.79. The van der Waals surface area contributed by atoms with Crippen LogP contribution in [0.5, 0.6) is 11.5 Å². The Kier molecular flexibility index (Phi) is 9.19. The van der Waals surface area contributed by atoms with E-state index in [1.54, 1.807) is 32.0 Å². The third-order valence-electron chi connectivity index (χ3n) is 4.97. The number of ether oxygens (including phenoxy) is 3. The fourth-order valence-corrected chi connectivity index (χ4v) is 3.75. The Balaban J connectivity index is 1.71. The second kappa shape index (κ2) is 12.5. The average Bonchev–Trinajstić information content (AvgIpc) is 2.84. The third-order valence-corrected chi connectivity index (χ3v) is 5.18. The van der Waals surface area contributed by atoms with Crippen molar-refractivity contribution in [2.45, 2.75) is 26.8 Å². The molecule has 0 aromatic heterocycles. The first kappa shape index (κ1) is 25.7. The smallest absolute Gasteiger partial charge is 0.338 e. The zero-order chi connectivity index (χ0) is 25.2. The Morgan fingerprint density at radius 3 is 2.51 bits per heavy atom. The minimum Gasteiger partial charge on any atom is -0.493 e. The summed E-state index contributed by atoms with van der Waals surface area (Å²) in [6.45, 7) is 5.86. The van der Waals surface area contributed by atoms with E-state index in [-0.39, 0.29) is 13.2 Å². The van der Waals surface area contributed by atoms with E-state index in [1.165, 1.54) is 6.21 Å². The number of allylic oxidation sites excluding steroid dienone is 1. The highest BCUT2D eigenvalue weighted by Crippen LogP contribution is 2.33. The largest absolute Gasteiger partial charge is 0.493 e. The SMILES string of the molecule is CCOC(=O)C1=C(C)NC(=S)N[C@H]1c1ccccc1OCC(=O)NN=Cc1ccccc1OCC. The maximum absolute atomic E-state index is 12.6. The van der Waals surface area contributed by atoms with Gasteiger partial charge in [-0.2, -0.15) is 5.10 Å². The van der Waals surface area contributed by atoms with Crippen LogP contribution in [-0.4, -0.2) is 43.0 Å². The van der Waals surface area contributed by atoms with Crippen molar-refractivity contribution in [2.24, 2.45) is 5.10 Å². The molecule has 0 radical (unpaired) electrons. The molecule has 2 aromatic rings. The van der Waals surface area contributed by atoms with Gasteiger partial charge in [-0.05, 0) is 51.2 Å². The molecule has 0 aliphatic carbocycles. The normalized spacial score (nSPS) is 15.3. The number of hydrazone groups is 1. The molecule has 35 heavy (non-hydrogen) atoms. The first-order chi connectivity index (χ1) is 16.9. The van der Waals surface area contributed by atoms with Crippen molar-refractivity contribution in [2.75, 3.05) is 19.8 Å². The number of hydrogen-bond donors (Lipinski definition) is 3. The molecular formula is C25H28N4O5S. The van der Waals surface area contributed by atoms with Crippen LogP contribution in [0.3, 0.4) is 0 Å². The van der Waals surface area contributed by atoms with Gasteiger partial charge in [0.05, 0.1) is 31.0 Å². The van der Waals surface area contributed by atoms with Crippen LogP contribution >= 0.6 is 12.2 Å². The van der Waals surface area contributed by atoms with Crippen molar-refractivity contribution in [1.82, 2.24) is 16.1 Å². The monoisotopic (exact) mass is 496 g/mol. The number of carbonyl (C=O) groups is 2. The molecule has 184 valence electrons. The van der Waals surface area contributed by atoms with E-state index in [0.717, 1.165) is 5.56 Å². The molecule has 3 rings (SSSR count). The molecule has 0 saturated heterocycles.